The molecule has 1 fully saturated rings. The summed E-state index contributed by atoms with van der Waals surface area (Å²) in [6.07, 6.45) is 4.89. The molecule has 150 valence electrons. The molecule has 0 aromatic carbocycles. The zero-order chi connectivity index (χ0) is 20.4. The molecule has 0 spiro atoms. The maximum Gasteiger partial charge on any atom is 0.225 e. The fourth-order valence-corrected chi connectivity index (χ4v) is 3.54. The van der Waals surface area contributed by atoms with Crippen LogP contribution in [-0.4, -0.2) is 45.2 Å². The van der Waals surface area contributed by atoms with Crippen LogP contribution in [0.5, 0.6) is 5.88 Å². The Morgan fingerprint density at radius 1 is 1.21 bits per heavy atom. The highest BCUT2D eigenvalue weighted by Gasteiger charge is 2.22. The summed E-state index contributed by atoms with van der Waals surface area (Å²) in [5.74, 6) is 0.385. The number of aromatic nitrogens is 4. The maximum atomic E-state index is 8.82. The van der Waals surface area contributed by atoms with Crippen molar-refractivity contribution >= 4 is 11.4 Å². The molecule has 3 aromatic rings. The molecule has 29 heavy (non-hydrogen) atoms. The highest BCUT2D eigenvalue weighted by Crippen LogP contribution is 2.29. The van der Waals surface area contributed by atoms with Gasteiger partial charge in [0, 0.05) is 47.7 Å². The molecule has 0 bridgehead atoms. The summed E-state index contributed by atoms with van der Waals surface area (Å²) in [5.41, 5.74) is 11.6. The van der Waals surface area contributed by atoms with Gasteiger partial charge in [-0.2, -0.15) is 5.10 Å². The number of hydrogen-bond acceptors (Lipinski definition) is 7. The van der Waals surface area contributed by atoms with E-state index in [4.69, 9.17) is 20.6 Å². The molecule has 1 aliphatic heterocycles. The van der Waals surface area contributed by atoms with Gasteiger partial charge in [-0.3, -0.25) is 15.5 Å². The number of hydrogen-bond donors (Lipinski definition) is 3. The van der Waals surface area contributed by atoms with Gasteiger partial charge in [0.1, 0.15) is 6.10 Å². The molecule has 0 aliphatic carbocycles. The number of pyridine rings is 2. The summed E-state index contributed by atoms with van der Waals surface area (Å²) in [5, 5.41) is 16.0. The monoisotopic (exact) mass is 392 g/mol. The first kappa shape index (κ1) is 19.1. The number of nitrogens with one attached hydrogen (secondary N) is 2. The van der Waals surface area contributed by atoms with E-state index in [1.54, 1.807) is 24.5 Å². The van der Waals surface area contributed by atoms with Crippen LogP contribution >= 0.6 is 0 Å². The number of nitrogen functional groups attached to an aromatic ring is 1. The number of rotatable bonds is 5. The van der Waals surface area contributed by atoms with Gasteiger partial charge in [0.15, 0.2) is 0 Å². The fourth-order valence-electron chi connectivity index (χ4n) is 3.54. The number of aromatic amines is 1. The van der Waals surface area contributed by atoms with Crippen LogP contribution in [0.3, 0.4) is 0 Å². The molecule has 0 unspecified atom stereocenters. The zero-order valence-electron chi connectivity index (χ0n) is 16.5. The summed E-state index contributed by atoms with van der Waals surface area (Å²) < 4.78 is 11.5. The molecule has 0 atom stereocenters. The molecule has 4 heterocycles. The van der Waals surface area contributed by atoms with E-state index in [0.717, 1.165) is 35.5 Å². The van der Waals surface area contributed by atoms with Gasteiger partial charge < -0.3 is 15.2 Å². The SMILES string of the molecule is Cc1n[nH]c(C)c1-c1cc(C(=N)c2c(N)ccnc2OC2CCOCC2)ccn1. The van der Waals surface area contributed by atoms with Crippen LogP contribution in [-0.2, 0) is 4.74 Å². The molecule has 0 amide bonds. The molecular formula is C21H24N6O2. The molecule has 0 radical (unpaired) electrons. The second kappa shape index (κ2) is 8.00. The molecular weight excluding hydrogens is 368 g/mol. The Bertz CT molecular complexity index is 1020. The average Bonchev–Trinajstić information content (AvgIpc) is 3.07. The lowest BCUT2D eigenvalue weighted by Crippen LogP contribution is -2.27. The van der Waals surface area contributed by atoms with Gasteiger partial charge in [0.2, 0.25) is 5.88 Å². The first-order valence-corrected chi connectivity index (χ1v) is 9.60. The van der Waals surface area contributed by atoms with Crippen LogP contribution < -0.4 is 10.5 Å². The Morgan fingerprint density at radius 2 is 1.97 bits per heavy atom. The van der Waals surface area contributed by atoms with Gasteiger partial charge in [0.25, 0.3) is 0 Å². The van der Waals surface area contributed by atoms with Crippen molar-refractivity contribution in [3.63, 3.8) is 0 Å². The minimum atomic E-state index is 0.00818. The van der Waals surface area contributed by atoms with Gasteiger partial charge >= 0.3 is 0 Å². The highest BCUT2D eigenvalue weighted by molar-refractivity contribution is 6.15. The van der Waals surface area contributed by atoms with E-state index in [0.29, 0.717) is 35.9 Å². The van der Waals surface area contributed by atoms with Crippen molar-refractivity contribution in [1.82, 2.24) is 20.2 Å². The van der Waals surface area contributed by atoms with Gasteiger partial charge in [-0.05, 0) is 32.0 Å². The smallest absolute Gasteiger partial charge is 0.225 e. The summed E-state index contributed by atoms with van der Waals surface area (Å²) in [4.78, 5) is 8.84. The minimum Gasteiger partial charge on any atom is -0.474 e. The number of nitrogens with zero attached hydrogens (tertiary/aromatic N) is 3. The van der Waals surface area contributed by atoms with Crippen LogP contribution in [0.2, 0.25) is 0 Å². The van der Waals surface area contributed by atoms with E-state index >= 15 is 0 Å². The summed E-state index contributed by atoms with van der Waals surface area (Å²) in [7, 11) is 0. The number of nitrogens with two attached hydrogens (primary N) is 1. The third kappa shape index (κ3) is 3.84. The van der Waals surface area contributed by atoms with E-state index in [1.165, 1.54) is 0 Å². The Morgan fingerprint density at radius 3 is 2.69 bits per heavy atom. The third-order valence-electron chi connectivity index (χ3n) is 5.08. The van der Waals surface area contributed by atoms with Crippen molar-refractivity contribution in [2.24, 2.45) is 0 Å². The maximum absolute atomic E-state index is 8.82. The van der Waals surface area contributed by atoms with Gasteiger partial charge in [-0.25, -0.2) is 4.98 Å². The lowest BCUT2D eigenvalue weighted by molar-refractivity contribution is 0.0237. The number of anilines is 1. The largest absolute Gasteiger partial charge is 0.474 e. The molecule has 8 nitrogen and oxygen atoms in total. The van der Waals surface area contributed by atoms with Crippen LogP contribution in [0.1, 0.15) is 35.4 Å². The van der Waals surface area contributed by atoms with E-state index in [2.05, 4.69) is 20.2 Å². The Balaban J connectivity index is 1.69. The fraction of sp³-hybridized carbons (Fsp3) is 0.333. The second-order valence-electron chi connectivity index (χ2n) is 7.12. The third-order valence-corrected chi connectivity index (χ3v) is 5.08. The quantitative estimate of drug-likeness (QED) is 0.574. The van der Waals surface area contributed by atoms with E-state index < -0.39 is 0 Å². The Labute approximate surface area is 169 Å². The molecule has 3 aromatic heterocycles. The molecule has 0 saturated carbocycles. The van der Waals surface area contributed by atoms with Crippen LogP contribution in [0, 0.1) is 19.3 Å². The summed E-state index contributed by atoms with van der Waals surface area (Å²) >= 11 is 0. The normalized spacial score (nSPS) is 14.7. The highest BCUT2D eigenvalue weighted by atomic mass is 16.5. The number of H-pyrrole nitrogens is 1. The predicted octanol–water partition coefficient (Wildman–Crippen LogP) is 3.04. The van der Waals surface area contributed by atoms with E-state index in [1.807, 2.05) is 19.9 Å². The van der Waals surface area contributed by atoms with E-state index in [-0.39, 0.29) is 11.8 Å². The van der Waals surface area contributed by atoms with Crippen LogP contribution in [0.25, 0.3) is 11.3 Å². The average molecular weight is 392 g/mol. The van der Waals surface area contributed by atoms with Crippen molar-refractivity contribution in [2.75, 3.05) is 18.9 Å². The van der Waals surface area contributed by atoms with Gasteiger partial charge in [-0.1, -0.05) is 0 Å². The van der Waals surface area contributed by atoms with Crippen molar-refractivity contribution in [1.29, 1.82) is 5.41 Å². The number of ether oxygens (including phenoxy) is 2. The zero-order valence-corrected chi connectivity index (χ0v) is 16.5. The predicted molar refractivity (Wildman–Crippen MR) is 110 cm³/mol. The summed E-state index contributed by atoms with van der Waals surface area (Å²) in [6, 6.07) is 5.35. The van der Waals surface area contributed by atoms with Crippen molar-refractivity contribution < 1.29 is 9.47 Å². The van der Waals surface area contributed by atoms with Crippen LogP contribution in [0.4, 0.5) is 5.69 Å². The van der Waals surface area contributed by atoms with Crippen LogP contribution in [0.15, 0.2) is 30.6 Å². The molecule has 8 heteroatoms. The standard InChI is InChI=1S/C21H24N6O2/c1-12-18(13(2)27-26-12)17-11-14(3-7-24-17)20(23)19-16(22)4-8-25-21(19)29-15-5-9-28-10-6-15/h3-4,7-8,11,15,23H,5-6,9-10H2,1-2H3,(H2,22,25)(H,26,27). The first-order chi connectivity index (χ1) is 14.0. The minimum absolute atomic E-state index is 0.00818. The molecule has 1 aliphatic rings. The van der Waals surface area contributed by atoms with Crippen molar-refractivity contribution in [3.8, 4) is 17.1 Å². The van der Waals surface area contributed by atoms with Crippen molar-refractivity contribution in [2.45, 2.75) is 32.8 Å². The first-order valence-electron chi connectivity index (χ1n) is 9.60. The Hall–Kier alpha value is -3.26. The number of aryl methyl sites for hydroxylation is 2. The molecule has 4 rings (SSSR count). The van der Waals surface area contributed by atoms with Gasteiger partial charge in [-0.15, -0.1) is 0 Å². The topological polar surface area (TPSA) is 123 Å². The molecule has 4 N–H and O–H groups in total. The van der Waals surface area contributed by atoms with E-state index in [9.17, 15) is 0 Å². The second-order valence-corrected chi connectivity index (χ2v) is 7.12. The lowest BCUT2D eigenvalue weighted by atomic mass is 10.00. The lowest BCUT2D eigenvalue weighted by Gasteiger charge is -2.24. The van der Waals surface area contributed by atoms with Crippen molar-refractivity contribution in [3.05, 3.63) is 53.1 Å². The van der Waals surface area contributed by atoms with Gasteiger partial charge in [0.05, 0.1) is 35.9 Å². The summed E-state index contributed by atoms with van der Waals surface area (Å²) in [6.45, 7) is 5.21. The molecule has 1 saturated heterocycles. The Kier molecular flexibility index (Phi) is 5.26.